The van der Waals surface area contributed by atoms with E-state index in [0.717, 1.165) is 55.6 Å². The zero-order valence-corrected chi connectivity index (χ0v) is 19.6. The van der Waals surface area contributed by atoms with Crippen LogP contribution in [-0.4, -0.2) is 64.5 Å². The number of piperidine rings is 2. The van der Waals surface area contributed by atoms with E-state index in [1.165, 1.54) is 7.11 Å². The van der Waals surface area contributed by atoms with Crippen LogP contribution in [0.5, 0.6) is 5.75 Å². The van der Waals surface area contributed by atoms with E-state index in [0.29, 0.717) is 25.9 Å². The number of hydrogen-bond donors (Lipinski definition) is 0. The van der Waals surface area contributed by atoms with Crippen molar-refractivity contribution in [2.24, 2.45) is 12.5 Å². The number of aryl methyl sites for hydroxylation is 1. The first-order chi connectivity index (χ1) is 16.2. The molecule has 2 aliphatic heterocycles. The Hall–Kier alpha value is -3.17. The van der Waals surface area contributed by atoms with E-state index in [4.69, 9.17) is 4.74 Å². The predicted molar refractivity (Wildman–Crippen MR) is 125 cm³/mol. The van der Waals surface area contributed by atoms with Gasteiger partial charge in [0.2, 0.25) is 0 Å². The molecule has 0 N–H and O–H groups in total. The summed E-state index contributed by atoms with van der Waals surface area (Å²) in [5.74, 6) is -0.0844. The summed E-state index contributed by atoms with van der Waals surface area (Å²) >= 11 is 0. The van der Waals surface area contributed by atoms with Gasteiger partial charge in [0.25, 0.3) is 5.91 Å². The molecule has 0 unspecified atom stereocenters. The molecular formula is C24H30FN5O4. The summed E-state index contributed by atoms with van der Waals surface area (Å²) in [7, 11) is 3.26. The van der Waals surface area contributed by atoms with E-state index >= 15 is 0 Å². The average molecular weight is 472 g/mol. The summed E-state index contributed by atoms with van der Waals surface area (Å²) in [5.41, 5.74) is 0.957. The van der Waals surface area contributed by atoms with Crippen LogP contribution in [0.25, 0.3) is 11.1 Å². The molecule has 9 nitrogen and oxygen atoms in total. The molecule has 0 bridgehead atoms. The number of carbonyl (C=O) groups excluding carboxylic acids is 1. The normalized spacial score (nSPS) is 20.9. The van der Waals surface area contributed by atoms with Crippen molar-refractivity contribution in [2.45, 2.75) is 44.2 Å². The molecule has 3 fully saturated rings. The molecule has 0 atom stereocenters. The number of methoxy groups -OCH3 is 1. The Morgan fingerprint density at radius 1 is 1.12 bits per heavy atom. The highest BCUT2D eigenvalue weighted by Gasteiger charge is 2.53. The van der Waals surface area contributed by atoms with Crippen LogP contribution in [0.4, 0.5) is 15.8 Å². The first-order valence-corrected chi connectivity index (χ1v) is 11.8. The van der Waals surface area contributed by atoms with Gasteiger partial charge in [-0.1, -0.05) is 0 Å². The van der Waals surface area contributed by atoms with Gasteiger partial charge in [0, 0.05) is 68.4 Å². The SMILES string of the molecule is COc1cc(N2CCC3(CCN(C(=O)C4(F)CC4)CC3)CC2)c(-c2cnn(C)c2)cc1[N+](=O)[O-]. The minimum atomic E-state index is -1.59. The number of ether oxygens (including phenoxy) is 1. The molecule has 2 saturated heterocycles. The predicted octanol–water partition coefficient (Wildman–Crippen LogP) is 3.72. The Labute approximate surface area is 197 Å². The summed E-state index contributed by atoms with van der Waals surface area (Å²) < 4.78 is 21.2. The van der Waals surface area contributed by atoms with E-state index in [-0.39, 0.29) is 22.8 Å². The summed E-state index contributed by atoms with van der Waals surface area (Å²) in [4.78, 5) is 27.6. The fraction of sp³-hybridized carbons (Fsp3) is 0.583. The number of rotatable bonds is 5. The zero-order valence-electron chi connectivity index (χ0n) is 19.6. The van der Waals surface area contributed by atoms with Crippen LogP contribution >= 0.6 is 0 Å². The Morgan fingerprint density at radius 3 is 2.29 bits per heavy atom. The number of benzene rings is 1. The van der Waals surface area contributed by atoms with Crippen molar-refractivity contribution in [2.75, 3.05) is 38.2 Å². The van der Waals surface area contributed by atoms with Crippen LogP contribution in [0.15, 0.2) is 24.5 Å². The second kappa shape index (κ2) is 8.25. The third kappa shape index (κ3) is 3.99. The molecule has 2 aromatic rings. The fourth-order valence-corrected chi connectivity index (χ4v) is 5.43. The molecule has 1 aromatic heterocycles. The first-order valence-electron chi connectivity index (χ1n) is 11.8. The third-order valence-corrected chi connectivity index (χ3v) is 7.86. The molecule has 1 aromatic carbocycles. The van der Waals surface area contributed by atoms with Gasteiger partial charge in [0.15, 0.2) is 11.4 Å². The van der Waals surface area contributed by atoms with Crippen molar-refractivity contribution in [3.63, 3.8) is 0 Å². The minimum Gasteiger partial charge on any atom is -0.490 e. The number of nitrogens with zero attached hydrogens (tertiary/aromatic N) is 5. The van der Waals surface area contributed by atoms with Crippen LogP contribution in [-0.2, 0) is 11.8 Å². The molecule has 1 saturated carbocycles. The molecule has 0 radical (unpaired) electrons. The lowest BCUT2D eigenvalue weighted by Gasteiger charge is -2.47. The third-order valence-electron chi connectivity index (χ3n) is 7.86. The number of halogens is 1. The Morgan fingerprint density at radius 2 is 1.76 bits per heavy atom. The van der Waals surface area contributed by atoms with Crippen LogP contribution in [0.2, 0.25) is 0 Å². The van der Waals surface area contributed by atoms with Crippen LogP contribution in [0.1, 0.15) is 38.5 Å². The van der Waals surface area contributed by atoms with Crippen LogP contribution in [0, 0.1) is 15.5 Å². The Bertz CT molecular complexity index is 1110. The van der Waals surface area contributed by atoms with Gasteiger partial charge >= 0.3 is 5.69 Å². The highest BCUT2D eigenvalue weighted by atomic mass is 19.1. The average Bonchev–Trinajstić information content (AvgIpc) is 3.45. The highest BCUT2D eigenvalue weighted by Crippen LogP contribution is 2.47. The van der Waals surface area contributed by atoms with Gasteiger partial charge in [0.05, 0.1) is 18.2 Å². The van der Waals surface area contributed by atoms with Gasteiger partial charge in [-0.25, -0.2) is 4.39 Å². The molecule has 1 aliphatic carbocycles. The van der Waals surface area contributed by atoms with Gasteiger partial charge in [-0.2, -0.15) is 5.10 Å². The van der Waals surface area contributed by atoms with Gasteiger partial charge in [0.1, 0.15) is 0 Å². The van der Waals surface area contributed by atoms with Crippen molar-refractivity contribution >= 4 is 17.3 Å². The van der Waals surface area contributed by atoms with E-state index in [1.54, 1.807) is 27.9 Å². The zero-order chi connectivity index (χ0) is 24.1. The molecule has 182 valence electrons. The Balaban J connectivity index is 1.34. The van der Waals surface area contributed by atoms with Crippen molar-refractivity contribution in [3.8, 4) is 16.9 Å². The maximum absolute atomic E-state index is 14.2. The van der Waals surface area contributed by atoms with Crippen LogP contribution in [0.3, 0.4) is 0 Å². The van der Waals surface area contributed by atoms with Crippen molar-refractivity contribution in [1.82, 2.24) is 14.7 Å². The smallest absolute Gasteiger partial charge is 0.311 e. The van der Waals surface area contributed by atoms with E-state index in [2.05, 4.69) is 10.00 Å². The lowest BCUT2D eigenvalue weighted by Crippen LogP contribution is -2.50. The maximum Gasteiger partial charge on any atom is 0.311 e. The Kier molecular flexibility index (Phi) is 5.49. The standard InChI is InChI=1S/C24H30FN5O4/c1-27-16-17(15-26-27)18-13-20(30(32)33)21(34-2)14-19(18)28-9-5-23(6-10-28)7-11-29(12-8-23)22(31)24(25)3-4-24/h13-16H,3-12H2,1-2H3. The highest BCUT2D eigenvalue weighted by molar-refractivity contribution is 5.88. The second-order valence-electron chi connectivity index (χ2n) is 9.95. The number of nitro groups is 1. The molecule has 10 heteroatoms. The molecule has 3 heterocycles. The van der Waals surface area contributed by atoms with Crippen molar-refractivity contribution in [1.29, 1.82) is 0 Å². The van der Waals surface area contributed by atoms with Crippen LogP contribution < -0.4 is 9.64 Å². The summed E-state index contributed by atoms with van der Waals surface area (Å²) in [6, 6.07) is 3.33. The molecule has 5 rings (SSSR count). The van der Waals surface area contributed by atoms with Gasteiger partial charge in [-0.3, -0.25) is 19.6 Å². The fourth-order valence-electron chi connectivity index (χ4n) is 5.43. The lowest BCUT2D eigenvalue weighted by atomic mass is 9.71. The minimum absolute atomic E-state index is 0.0723. The molecular weight excluding hydrogens is 441 g/mol. The van der Waals surface area contributed by atoms with E-state index < -0.39 is 10.6 Å². The number of hydrogen-bond acceptors (Lipinski definition) is 6. The number of alkyl halides is 1. The first kappa shape index (κ1) is 22.6. The monoisotopic (exact) mass is 471 g/mol. The van der Waals surface area contributed by atoms with E-state index in [1.807, 2.05) is 13.2 Å². The molecule has 1 spiro atoms. The number of carbonyl (C=O) groups is 1. The number of nitro benzene ring substituents is 1. The summed E-state index contributed by atoms with van der Waals surface area (Å²) in [5, 5.41) is 15.9. The largest absolute Gasteiger partial charge is 0.490 e. The number of aromatic nitrogens is 2. The van der Waals surface area contributed by atoms with Gasteiger partial charge < -0.3 is 14.5 Å². The summed E-state index contributed by atoms with van der Waals surface area (Å²) in [6.45, 7) is 2.85. The lowest BCUT2D eigenvalue weighted by molar-refractivity contribution is -0.385. The van der Waals surface area contributed by atoms with Crippen molar-refractivity contribution in [3.05, 3.63) is 34.6 Å². The quantitative estimate of drug-likeness (QED) is 0.487. The second-order valence-corrected chi connectivity index (χ2v) is 9.95. The molecule has 3 aliphatic rings. The molecule has 1 amide bonds. The van der Waals surface area contributed by atoms with Gasteiger partial charge in [-0.15, -0.1) is 0 Å². The topological polar surface area (TPSA) is 93.7 Å². The number of amides is 1. The summed E-state index contributed by atoms with van der Waals surface area (Å²) in [6.07, 6.45) is 7.99. The van der Waals surface area contributed by atoms with E-state index in [9.17, 15) is 19.3 Å². The van der Waals surface area contributed by atoms with Gasteiger partial charge in [-0.05, 0) is 43.9 Å². The number of anilines is 1. The maximum atomic E-state index is 14.2. The van der Waals surface area contributed by atoms with Crippen molar-refractivity contribution < 1.29 is 18.8 Å². The number of likely N-dealkylation sites (tertiary alicyclic amines) is 1. The molecule has 34 heavy (non-hydrogen) atoms.